The first-order chi connectivity index (χ1) is 20.7. The van der Waals surface area contributed by atoms with Crippen LogP contribution in [0, 0.1) is 35.4 Å². The van der Waals surface area contributed by atoms with Crippen molar-refractivity contribution in [3.8, 4) is 5.75 Å². The number of ether oxygens (including phenoxy) is 2. The minimum absolute atomic E-state index is 0.0843. The molecule has 0 bridgehead atoms. The average Bonchev–Trinajstić information content (AvgIpc) is 2.95. The molecule has 2 aliphatic rings. The number of pyridine rings is 1. The van der Waals surface area contributed by atoms with E-state index in [1.165, 1.54) is 45.2 Å². The summed E-state index contributed by atoms with van der Waals surface area (Å²) in [4.78, 5) is 57.2. The number of para-hydroxylation sites is 1. The Hall–Kier alpha value is -4.31. The van der Waals surface area contributed by atoms with E-state index in [9.17, 15) is 47.0 Å². The van der Waals surface area contributed by atoms with E-state index < -0.39 is 107 Å². The van der Waals surface area contributed by atoms with Crippen molar-refractivity contribution in [3.05, 3.63) is 58.9 Å². The van der Waals surface area contributed by atoms with E-state index in [2.05, 4.69) is 15.6 Å². The first-order valence-corrected chi connectivity index (χ1v) is 13.5. The second kappa shape index (κ2) is 13.1. The molecule has 2 fully saturated rings. The third-order valence-electron chi connectivity index (χ3n) is 7.76. The van der Waals surface area contributed by atoms with Gasteiger partial charge in [0.1, 0.15) is 23.9 Å². The molecule has 44 heavy (non-hydrogen) atoms. The first-order valence-electron chi connectivity index (χ1n) is 13.5. The number of halogens is 4. The number of amides is 3. The van der Waals surface area contributed by atoms with Crippen LogP contribution in [0.5, 0.6) is 5.75 Å². The van der Waals surface area contributed by atoms with Gasteiger partial charge in [0.05, 0.1) is 36.8 Å². The van der Waals surface area contributed by atoms with Gasteiger partial charge in [0.2, 0.25) is 23.6 Å². The van der Waals surface area contributed by atoms with Gasteiger partial charge in [-0.1, -0.05) is 19.1 Å². The smallest absolute Gasteiger partial charge is 0.329 e. The fraction of sp³-hybridized carbons (Fsp3) is 0.464. The number of esters is 1. The van der Waals surface area contributed by atoms with E-state index >= 15 is 0 Å². The molecule has 1 aromatic heterocycles. The summed E-state index contributed by atoms with van der Waals surface area (Å²) in [5, 5.41) is 26.0. The van der Waals surface area contributed by atoms with E-state index in [-0.39, 0.29) is 18.8 Å². The number of aliphatic hydroxyl groups is 1. The van der Waals surface area contributed by atoms with Gasteiger partial charge in [0.25, 0.3) is 11.9 Å². The summed E-state index contributed by atoms with van der Waals surface area (Å²) in [5.41, 5.74) is -1.38. The van der Waals surface area contributed by atoms with Crippen molar-refractivity contribution >= 4 is 23.7 Å². The largest absolute Gasteiger partial charge is 0.507 e. The highest BCUT2D eigenvalue weighted by atomic mass is 19.2. The zero-order chi connectivity index (χ0) is 32.5. The molecule has 4 rings (SSSR count). The minimum Gasteiger partial charge on any atom is -0.507 e. The number of nitrogens with one attached hydrogen (secondary N) is 2. The predicted octanol–water partition coefficient (Wildman–Crippen LogP) is 0.585. The van der Waals surface area contributed by atoms with Gasteiger partial charge in [-0.15, -0.1) is 0 Å². The molecular formula is C28H30F4N4O8. The first kappa shape index (κ1) is 32.6. The lowest BCUT2D eigenvalue weighted by Gasteiger charge is -2.41. The third-order valence-corrected chi connectivity index (χ3v) is 7.76. The highest BCUT2D eigenvalue weighted by Gasteiger charge is 2.45. The van der Waals surface area contributed by atoms with Crippen molar-refractivity contribution in [1.82, 2.24) is 20.5 Å². The predicted molar refractivity (Wildman–Crippen MR) is 141 cm³/mol. The van der Waals surface area contributed by atoms with Gasteiger partial charge in [-0.05, 0) is 19.1 Å². The number of cyclic esters (lactones) is 1. The van der Waals surface area contributed by atoms with E-state index in [1.54, 1.807) is 0 Å². The molecule has 12 nitrogen and oxygen atoms in total. The van der Waals surface area contributed by atoms with Crippen LogP contribution in [-0.2, 0) is 30.3 Å². The topological polar surface area (TPSA) is 167 Å². The number of aromatic nitrogens is 1. The van der Waals surface area contributed by atoms with Crippen LogP contribution in [0.25, 0.3) is 0 Å². The van der Waals surface area contributed by atoms with Crippen molar-refractivity contribution in [1.29, 1.82) is 0 Å². The standard InChI is InChI=1S/C28H30F4N4O8/c1-11-22(38)16(8-15-18(29)19(30)24(32)35-23(15)31)33-26(40)20(34-25(39)14-6-4-5-7-17(14)37)12(2)44-28(42)21(13-9-43-10-13)36(3)27(11)41/h4-7,11-13,16,20-22,37-38H,8-10H2,1-3H3,(H,33,40)(H,34,39)/t11-,12-,16+,20+,21?,22+/m1/s1. The Bertz CT molecular complexity index is 1460. The molecule has 16 heteroatoms. The van der Waals surface area contributed by atoms with E-state index in [0.29, 0.717) is 0 Å². The minimum atomic E-state index is -2.10. The molecule has 4 N–H and O–H groups in total. The Labute approximate surface area is 248 Å². The molecule has 6 atom stereocenters. The van der Waals surface area contributed by atoms with Crippen LogP contribution >= 0.6 is 0 Å². The number of nitrogens with zero attached hydrogens (tertiary/aromatic N) is 2. The summed E-state index contributed by atoms with van der Waals surface area (Å²) >= 11 is 0. The molecule has 2 aliphatic heterocycles. The Kier molecular flexibility index (Phi) is 9.73. The molecular weight excluding hydrogens is 596 g/mol. The fourth-order valence-corrected chi connectivity index (χ4v) is 5.10. The SMILES string of the molecule is C[C@H]1OC(=O)C(C2COC2)N(C)C(=O)[C@H](C)[C@H](O)[C@H](Cc2c(F)nc(F)c(F)c2F)NC(=O)[C@H]1NC(=O)c1ccccc1O. The highest BCUT2D eigenvalue weighted by Crippen LogP contribution is 2.26. The molecule has 3 heterocycles. The molecule has 1 aromatic carbocycles. The van der Waals surface area contributed by atoms with Crippen LogP contribution in [0.4, 0.5) is 17.6 Å². The van der Waals surface area contributed by atoms with Crippen molar-refractivity contribution in [2.75, 3.05) is 20.3 Å². The van der Waals surface area contributed by atoms with Gasteiger partial charge in [0.15, 0.2) is 5.82 Å². The number of carbonyl (C=O) groups excluding carboxylic acids is 4. The van der Waals surface area contributed by atoms with Crippen LogP contribution in [0.1, 0.15) is 29.8 Å². The Balaban J connectivity index is 1.76. The normalized spacial score (nSPS) is 27.0. The van der Waals surface area contributed by atoms with Crippen LogP contribution in [0.3, 0.4) is 0 Å². The van der Waals surface area contributed by atoms with Crippen LogP contribution in [0.2, 0.25) is 0 Å². The number of benzene rings is 1. The maximum Gasteiger partial charge on any atom is 0.329 e. The second-order valence-electron chi connectivity index (χ2n) is 10.7. The number of phenolic OH excluding ortho intramolecular Hbond substituents is 1. The van der Waals surface area contributed by atoms with Gasteiger partial charge in [0, 0.05) is 24.9 Å². The maximum atomic E-state index is 14.6. The van der Waals surface area contributed by atoms with Crippen molar-refractivity contribution in [2.45, 2.75) is 50.6 Å². The number of hydrogen-bond acceptors (Lipinski definition) is 9. The van der Waals surface area contributed by atoms with Crippen LogP contribution in [-0.4, -0.2) is 94.4 Å². The fourth-order valence-electron chi connectivity index (χ4n) is 5.10. The molecule has 2 aromatic rings. The summed E-state index contributed by atoms with van der Waals surface area (Å²) in [5.74, 6) is -14.1. The molecule has 0 saturated carbocycles. The lowest BCUT2D eigenvalue weighted by Crippen LogP contribution is -2.62. The number of phenols is 1. The monoisotopic (exact) mass is 626 g/mol. The highest BCUT2D eigenvalue weighted by molar-refractivity contribution is 6.00. The third kappa shape index (κ3) is 6.45. The molecule has 3 amide bonds. The van der Waals surface area contributed by atoms with Gasteiger partial charge in [-0.25, -0.2) is 9.18 Å². The molecule has 1 unspecified atom stereocenters. The van der Waals surface area contributed by atoms with E-state index in [1.807, 2.05) is 0 Å². The Morgan fingerprint density at radius 2 is 1.75 bits per heavy atom. The number of aliphatic hydroxyl groups excluding tert-OH is 1. The lowest BCUT2D eigenvalue weighted by atomic mass is 9.89. The Morgan fingerprint density at radius 3 is 2.36 bits per heavy atom. The van der Waals surface area contributed by atoms with Crippen LogP contribution < -0.4 is 10.6 Å². The number of likely N-dealkylation sites (N-methyl/N-ethyl adjacent to an activating group) is 1. The Morgan fingerprint density at radius 1 is 1.09 bits per heavy atom. The molecule has 2 saturated heterocycles. The summed E-state index contributed by atoms with van der Waals surface area (Å²) in [6.07, 6.45) is -4.37. The van der Waals surface area contributed by atoms with Crippen molar-refractivity contribution in [3.63, 3.8) is 0 Å². The summed E-state index contributed by atoms with van der Waals surface area (Å²) in [6, 6.07) is 0.621. The van der Waals surface area contributed by atoms with Crippen LogP contribution in [0.15, 0.2) is 24.3 Å². The number of hydrogen-bond donors (Lipinski definition) is 4. The quantitative estimate of drug-likeness (QED) is 0.211. The summed E-state index contributed by atoms with van der Waals surface area (Å²) < 4.78 is 67.4. The number of rotatable bonds is 5. The van der Waals surface area contributed by atoms with Gasteiger partial charge in [-0.3, -0.25) is 14.4 Å². The van der Waals surface area contributed by atoms with Crippen molar-refractivity contribution in [2.24, 2.45) is 11.8 Å². The van der Waals surface area contributed by atoms with E-state index in [0.717, 1.165) is 4.90 Å². The number of aromatic hydroxyl groups is 1. The molecule has 0 aliphatic carbocycles. The van der Waals surface area contributed by atoms with Gasteiger partial charge in [-0.2, -0.15) is 18.2 Å². The van der Waals surface area contributed by atoms with Gasteiger partial charge < -0.3 is 35.2 Å². The van der Waals surface area contributed by atoms with Gasteiger partial charge >= 0.3 is 5.97 Å². The van der Waals surface area contributed by atoms with E-state index in [4.69, 9.17) is 9.47 Å². The summed E-state index contributed by atoms with van der Waals surface area (Å²) in [7, 11) is 1.27. The molecule has 0 spiro atoms. The zero-order valence-electron chi connectivity index (χ0n) is 23.7. The summed E-state index contributed by atoms with van der Waals surface area (Å²) in [6.45, 7) is 2.65. The number of carbonyl (C=O) groups is 4. The molecule has 238 valence electrons. The maximum absolute atomic E-state index is 14.6. The lowest BCUT2D eigenvalue weighted by molar-refractivity contribution is -0.173. The molecule has 0 radical (unpaired) electrons. The average molecular weight is 627 g/mol. The second-order valence-corrected chi connectivity index (χ2v) is 10.7. The zero-order valence-corrected chi connectivity index (χ0v) is 23.7. The van der Waals surface area contributed by atoms with Crippen molar-refractivity contribution < 1.29 is 56.4 Å².